The molecule has 0 fully saturated rings. The Bertz CT molecular complexity index is 623. The van der Waals surface area contributed by atoms with Crippen LogP contribution in [0.4, 0.5) is 0 Å². The average Bonchev–Trinajstić information content (AvgIpc) is 2.93. The molecule has 86 valence electrons. The quantitative estimate of drug-likeness (QED) is 0.757. The highest BCUT2D eigenvalue weighted by Crippen LogP contribution is 2.18. The number of pyridine rings is 1. The predicted octanol–water partition coefficient (Wildman–Crippen LogP) is 2.42. The van der Waals surface area contributed by atoms with Crippen LogP contribution in [0.5, 0.6) is 0 Å². The van der Waals surface area contributed by atoms with Gasteiger partial charge in [0, 0.05) is 12.4 Å². The summed E-state index contributed by atoms with van der Waals surface area (Å²) in [5, 5.41) is 4.78. The molecule has 0 aliphatic rings. The van der Waals surface area contributed by atoms with E-state index in [1.165, 1.54) is 0 Å². The second-order valence-electron chi connectivity index (χ2n) is 3.81. The minimum absolute atomic E-state index is 0.00306. The van der Waals surface area contributed by atoms with Gasteiger partial charge in [0.2, 0.25) is 0 Å². The van der Waals surface area contributed by atoms with Gasteiger partial charge in [-0.25, -0.2) is 9.97 Å². The van der Waals surface area contributed by atoms with E-state index < -0.39 is 0 Å². The molecule has 5 nitrogen and oxygen atoms in total. The van der Waals surface area contributed by atoms with E-state index in [4.69, 9.17) is 11.6 Å². The van der Waals surface area contributed by atoms with Crippen LogP contribution in [0.2, 0.25) is 5.02 Å². The van der Waals surface area contributed by atoms with Crippen molar-refractivity contribution in [1.29, 1.82) is 0 Å². The monoisotopic (exact) mass is 247 g/mol. The van der Waals surface area contributed by atoms with E-state index >= 15 is 0 Å². The van der Waals surface area contributed by atoms with E-state index in [-0.39, 0.29) is 6.04 Å². The Kier molecular flexibility index (Phi) is 2.33. The highest BCUT2D eigenvalue weighted by molar-refractivity contribution is 6.30. The van der Waals surface area contributed by atoms with E-state index in [1.54, 1.807) is 23.3 Å². The number of fused-ring (bicyclic) bond motifs is 1. The molecule has 0 saturated carbocycles. The Hall–Kier alpha value is -1.88. The van der Waals surface area contributed by atoms with Crippen LogP contribution in [-0.2, 0) is 0 Å². The van der Waals surface area contributed by atoms with Gasteiger partial charge in [0.25, 0.3) is 0 Å². The Morgan fingerprint density at radius 1 is 1.47 bits per heavy atom. The largest absolute Gasteiger partial charge is 0.339 e. The van der Waals surface area contributed by atoms with Crippen LogP contribution in [0.1, 0.15) is 18.8 Å². The van der Waals surface area contributed by atoms with Crippen LogP contribution in [0.25, 0.3) is 11.2 Å². The third-order valence-electron chi connectivity index (χ3n) is 2.64. The fraction of sp³-hybridized carbons (Fsp3) is 0.182. The van der Waals surface area contributed by atoms with Crippen LogP contribution < -0.4 is 0 Å². The first-order chi connectivity index (χ1) is 8.24. The number of halogens is 1. The molecule has 3 heterocycles. The molecule has 0 aromatic carbocycles. The Labute approximate surface area is 102 Å². The SMILES string of the molecule is C[C@@H](c1nc2ncccc2[nH]1)n1cc(Cl)cn1. The molecule has 17 heavy (non-hydrogen) atoms. The van der Waals surface area contributed by atoms with E-state index in [1.807, 2.05) is 19.1 Å². The third-order valence-corrected chi connectivity index (χ3v) is 2.83. The molecule has 0 radical (unpaired) electrons. The van der Waals surface area contributed by atoms with Gasteiger partial charge >= 0.3 is 0 Å². The number of aromatic amines is 1. The molecule has 3 aromatic heterocycles. The van der Waals surface area contributed by atoms with Gasteiger partial charge in [-0.2, -0.15) is 5.10 Å². The fourth-order valence-electron chi connectivity index (χ4n) is 1.71. The topological polar surface area (TPSA) is 59.4 Å². The number of hydrogen-bond donors (Lipinski definition) is 1. The van der Waals surface area contributed by atoms with Gasteiger partial charge in [-0.3, -0.25) is 4.68 Å². The maximum atomic E-state index is 5.84. The van der Waals surface area contributed by atoms with Gasteiger partial charge in [-0.15, -0.1) is 0 Å². The first-order valence-corrected chi connectivity index (χ1v) is 5.62. The van der Waals surface area contributed by atoms with Crippen LogP contribution in [0.3, 0.4) is 0 Å². The van der Waals surface area contributed by atoms with Crippen LogP contribution in [0, 0.1) is 0 Å². The van der Waals surface area contributed by atoms with Crippen molar-refractivity contribution in [3.05, 3.63) is 41.6 Å². The van der Waals surface area contributed by atoms with Crippen molar-refractivity contribution in [1.82, 2.24) is 24.7 Å². The smallest absolute Gasteiger partial charge is 0.177 e. The van der Waals surface area contributed by atoms with Crippen molar-refractivity contribution in [3.8, 4) is 0 Å². The Morgan fingerprint density at radius 3 is 3.06 bits per heavy atom. The summed E-state index contributed by atoms with van der Waals surface area (Å²) in [6, 6.07) is 3.82. The molecule has 3 rings (SSSR count). The van der Waals surface area contributed by atoms with Gasteiger partial charge in [0.1, 0.15) is 11.9 Å². The van der Waals surface area contributed by atoms with Crippen molar-refractivity contribution >= 4 is 22.8 Å². The minimum Gasteiger partial charge on any atom is -0.339 e. The van der Waals surface area contributed by atoms with Crippen molar-refractivity contribution in [3.63, 3.8) is 0 Å². The van der Waals surface area contributed by atoms with Crippen LogP contribution in [0.15, 0.2) is 30.7 Å². The van der Waals surface area contributed by atoms with Crippen molar-refractivity contribution in [2.45, 2.75) is 13.0 Å². The molecule has 0 aliphatic heterocycles. The molecule has 0 saturated heterocycles. The molecule has 0 bridgehead atoms. The minimum atomic E-state index is -0.00306. The van der Waals surface area contributed by atoms with Crippen LogP contribution >= 0.6 is 11.6 Å². The van der Waals surface area contributed by atoms with Crippen molar-refractivity contribution < 1.29 is 0 Å². The first-order valence-electron chi connectivity index (χ1n) is 5.24. The van der Waals surface area contributed by atoms with Gasteiger partial charge in [0.15, 0.2) is 5.65 Å². The van der Waals surface area contributed by atoms with Crippen molar-refractivity contribution in [2.75, 3.05) is 0 Å². The fourth-order valence-corrected chi connectivity index (χ4v) is 1.86. The number of aromatic nitrogens is 5. The molecule has 1 N–H and O–H groups in total. The second-order valence-corrected chi connectivity index (χ2v) is 4.25. The molecule has 3 aromatic rings. The zero-order valence-electron chi connectivity index (χ0n) is 9.13. The summed E-state index contributed by atoms with van der Waals surface area (Å²) in [6.45, 7) is 2.00. The standard InChI is InChI=1S/C11H10ClN5/c1-7(17-6-8(12)5-14-17)10-15-9-3-2-4-13-11(9)16-10/h2-7H,1H3,(H,13,15,16)/t7-/m0/s1. The number of H-pyrrole nitrogens is 1. The highest BCUT2D eigenvalue weighted by atomic mass is 35.5. The summed E-state index contributed by atoms with van der Waals surface area (Å²) < 4.78 is 1.76. The van der Waals surface area contributed by atoms with E-state index in [9.17, 15) is 0 Å². The van der Waals surface area contributed by atoms with E-state index in [2.05, 4.69) is 20.1 Å². The molecule has 0 spiro atoms. The maximum Gasteiger partial charge on any atom is 0.177 e. The number of imidazole rings is 1. The average molecular weight is 248 g/mol. The zero-order chi connectivity index (χ0) is 11.8. The summed E-state index contributed by atoms with van der Waals surface area (Å²) in [6.07, 6.45) is 5.11. The lowest BCUT2D eigenvalue weighted by atomic mass is 10.3. The molecular formula is C11H10ClN5. The molecule has 0 aliphatic carbocycles. The maximum absolute atomic E-state index is 5.84. The van der Waals surface area contributed by atoms with E-state index in [0.717, 1.165) is 11.3 Å². The summed E-state index contributed by atoms with van der Waals surface area (Å²) in [7, 11) is 0. The summed E-state index contributed by atoms with van der Waals surface area (Å²) in [5.41, 5.74) is 1.64. The molecule has 0 amide bonds. The molecule has 0 unspecified atom stereocenters. The molecule has 6 heteroatoms. The molecule has 1 atom stereocenters. The van der Waals surface area contributed by atoms with E-state index in [0.29, 0.717) is 10.7 Å². The summed E-state index contributed by atoms with van der Waals surface area (Å²) in [5.74, 6) is 0.818. The predicted molar refractivity (Wildman–Crippen MR) is 64.9 cm³/mol. The summed E-state index contributed by atoms with van der Waals surface area (Å²) >= 11 is 5.84. The lowest BCUT2D eigenvalue weighted by Crippen LogP contribution is -2.08. The number of nitrogens with zero attached hydrogens (tertiary/aromatic N) is 4. The van der Waals surface area contributed by atoms with Gasteiger partial charge in [0.05, 0.1) is 16.7 Å². The van der Waals surface area contributed by atoms with Gasteiger partial charge in [-0.1, -0.05) is 11.6 Å². The first kappa shape index (κ1) is 10.3. The molecular weight excluding hydrogens is 238 g/mol. The van der Waals surface area contributed by atoms with Gasteiger partial charge in [-0.05, 0) is 19.1 Å². The Balaban J connectivity index is 2.03. The normalized spacial score (nSPS) is 13.1. The third kappa shape index (κ3) is 1.78. The number of nitrogens with one attached hydrogen (secondary N) is 1. The lowest BCUT2D eigenvalue weighted by Gasteiger charge is -2.07. The lowest BCUT2D eigenvalue weighted by molar-refractivity contribution is 0.542. The van der Waals surface area contributed by atoms with Gasteiger partial charge < -0.3 is 4.98 Å². The Morgan fingerprint density at radius 2 is 2.35 bits per heavy atom. The summed E-state index contributed by atoms with van der Waals surface area (Å²) in [4.78, 5) is 11.8. The number of hydrogen-bond acceptors (Lipinski definition) is 3. The zero-order valence-corrected chi connectivity index (χ0v) is 9.89. The van der Waals surface area contributed by atoms with Crippen LogP contribution in [-0.4, -0.2) is 24.7 Å². The van der Waals surface area contributed by atoms with Crippen molar-refractivity contribution in [2.24, 2.45) is 0 Å². The second kappa shape index (κ2) is 3.85. The number of rotatable bonds is 2. The highest BCUT2D eigenvalue weighted by Gasteiger charge is 2.13.